The minimum absolute atomic E-state index is 0.135. The summed E-state index contributed by atoms with van der Waals surface area (Å²) in [5, 5.41) is 10.6. The Morgan fingerprint density at radius 3 is 2.15 bits per heavy atom. The highest BCUT2D eigenvalue weighted by Crippen LogP contribution is 2.34. The van der Waals surface area contributed by atoms with Gasteiger partial charge in [-0.1, -0.05) is 72.4 Å². The van der Waals surface area contributed by atoms with Crippen LogP contribution in [0.1, 0.15) is 71.4 Å². The fourth-order valence-electron chi connectivity index (χ4n) is 5.69. The molecule has 11 heteroatoms. The molecule has 5 rings (SSSR count). The van der Waals surface area contributed by atoms with Crippen molar-refractivity contribution >= 4 is 41.0 Å². The molecule has 0 atom stereocenters. The van der Waals surface area contributed by atoms with Crippen molar-refractivity contribution in [3.63, 3.8) is 0 Å². The van der Waals surface area contributed by atoms with Crippen LogP contribution in [0.3, 0.4) is 0 Å². The highest BCUT2D eigenvalue weighted by Gasteiger charge is 2.25. The van der Waals surface area contributed by atoms with Crippen molar-refractivity contribution in [2.45, 2.75) is 51.9 Å². The number of ether oxygens (including phenoxy) is 1. The second-order valence-corrected chi connectivity index (χ2v) is 12.5. The van der Waals surface area contributed by atoms with Gasteiger partial charge in [0.15, 0.2) is 5.69 Å². The van der Waals surface area contributed by atoms with Crippen LogP contribution in [0, 0.1) is 6.92 Å². The lowest BCUT2D eigenvalue weighted by molar-refractivity contribution is -0.140. The molecule has 2 amide bonds. The quantitative estimate of drug-likeness (QED) is 0.120. The lowest BCUT2D eigenvalue weighted by Crippen LogP contribution is -2.45. The third-order valence-electron chi connectivity index (χ3n) is 8.30. The summed E-state index contributed by atoms with van der Waals surface area (Å²) in [7, 11) is 1.38. The molecule has 4 aromatic rings. The molecule has 0 spiro atoms. The van der Waals surface area contributed by atoms with Crippen LogP contribution in [0.2, 0.25) is 10.0 Å². The largest absolute Gasteiger partial charge is 0.469 e. The number of carbonyl (C=O) groups is 3. The van der Waals surface area contributed by atoms with Crippen molar-refractivity contribution in [2.24, 2.45) is 0 Å². The Bertz CT molecular complexity index is 1710. The molecule has 3 aromatic carbocycles. The maximum absolute atomic E-state index is 13.4. The molecule has 47 heavy (non-hydrogen) atoms. The molecule has 0 aliphatic carbocycles. The molecule has 1 aliphatic heterocycles. The number of nitrogens with one attached hydrogen (secondary N) is 2. The van der Waals surface area contributed by atoms with E-state index in [0.29, 0.717) is 40.0 Å². The van der Waals surface area contributed by atoms with E-state index in [-0.39, 0.29) is 17.8 Å². The van der Waals surface area contributed by atoms with Crippen molar-refractivity contribution < 1.29 is 19.1 Å². The number of esters is 1. The molecular formula is C36H39Cl2N5O4. The summed E-state index contributed by atoms with van der Waals surface area (Å²) >= 11 is 12.8. The van der Waals surface area contributed by atoms with Gasteiger partial charge in [0.2, 0.25) is 0 Å². The number of aromatic nitrogens is 2. The summed E-state index contributed by atoms with van der Waals surface area (Å²) in [5.74, 6) is -0.603. The van der Waals surface area contributed by atoms with Crippen LogP contribution in [0.15, 0.2) is 66.7 Å². The lowest BCUT2D eigenvalue weighted by atomic mass is 10.00. The molecule has 0 unspecified atom stereocenters. The number of methoxy groups -OCH3 is 1. The number of piperidine rings is 1. The number of rotatable bonds is 12. The zero-order valence-corrected chi connectivity index (χ0v) is 28.2. The second kappa shape index (κ2) is 16.1. The predicted molar refractivity (Wildman–Crippen MR) is 185 cm³/mol. The van der Waals surface area contributed by atoms with Gasteiger partial charge in [0.1, 0.15) is 0 Å². The van der Waals surface area contributed by atoms with Crippen LogP contribution in [0.4, 0.5) is 0 Å². The molecular weight excluding hydrogens is 637 g/mol. The van der Waals surface area contributed by atoms with Gasteiger partial charge >= 0.3 is 5.97 Å². The van der Waals surface area contributed by atoms with Crippen LogP contribution < -0.4 is 10.7 Å². The standard InChI is InChI=1S/C36H39Cl2N5O4/c1-24-33(36(46)41-42-21-7-4-8-22-42)40-43(31-19-18-29(37)23-30(31)38)34(24)27-14-10-25(11-15-27)26-12-16-28(17-13-26)35(45)39-20-6-3-5-9-32(44)47-2/h10-19,23H,3-9,20-22H2,1-2H3,(H,39,45)(H,41,46). The second-order valence-electron chi connectivity index (χ2n) is 11.6. The van der Waals surface area contributed by atoms with E-state index in [1.807, 2.05) is 60.5 Å². The zero-order chi connectivity index (χ0) is 33.3. The maximum atomic E-state index is 13.4. The number of amides is 2. The van der Waals surface area contributed by atoms with Gasteiger partial charge in [-0.15, -0.1) is 0 Å². The van der Waals surface area contributed by atoms with Gasteiger partial charge < -0.3 is 10.1 Å². The van der Waals surface area contributed by atoms with Gasteiger partial charge in [-0.25, -0.2) is 9.69 Å². The minimum Gasteiger partial charge on any atom is -0.469 e. The fraction of sp³-hybridized carbons (Fsp3) is 0.333. The fourth-order valence-corrected chi connectivity index (χ4v) is 6.18. The molecule has 2 N–H and O–H groups in total. The van der Waals surface area contributed by atoms with E-state index < -0.39 is 0 Å². The van der Waals surface area contributed by atoms with Crippen LogP contribution >= 0.6 is 23.2 Å². The Balaban J connectivity index is 1.32. The minimum atomic E-state index is -0.256. The molecule has 1 aliphatic rings. The molecule has 0 bridgehead atoms. The number of nitrogens with zero attached hydrogens (tertiary/aromatic N) is 3. The number of benzene rings is 3. The first-order valence-electron chi connectivity index (χ1n) is 15.9. The third kappa shape index (κ3) is 8.60. The summed E-state index contributed by atoms with van der Waals surface area (Å²) in [6, 6.07) is 20.7. The molecule has 9 nitrogen and oxygen atoms in total. The topological polar surface area (TPSA) is 106 Å². The Kier molecular flexibility index (Phi) is 11.7. The smallest absolute Gasteiger partial charge is 0.305 e. The zero-order valence-electron chi connectivity index (χ0n) is 26.7. The first-order chi connectivity index (χ1) is 22.7. The number of carbonyl (C=O) groups excluding carboxylic acids is 3. The highest BCUT2D eigenvalue weighted by atomic mass is 35.5. The molecule has 0 saturated carbocycles. The van der Waals surface area contributed by atoms with E-state index in [1.165, 1.54) is 7.11 Å². The van der Waals surface area contributed by atoms with E-state index >= 15 is 0 Å². The molecule has 2 heterocycles. The Morgan fingerprint density at radius 2 is 1.49 bits per heavy atom. The van der Waals surface area contributed by atoms with Gasteiger partial charge in [0, 0.05) is 47.8 Å². The Morgan fingerprint density at radius 1 is 0.830 bits per heavy atom. The average Bonchev–Trinajstić information content (AvgIpc) is 3.43. The van der Waals surface area contributed by atoms with Gasteiger partial charge in [-0.2, -0.15) is 5.10 Å². The summed E-state index contributed by atoms with van der Waals surface area (Å²) in [6.45, 7) is 4.07. The van der Waals surface area contributed by atoms with Crippen molar-refractivity contribution in [2.75, 3.05) is 26.7 Å². The monoisotopic (exact) mass is 675 g/mol. The van der Waals surface area contributed by atoms with E-state index in [4.69, 9.17) is 28.3 Å². The van der Waals surface area contributed by atoms with E-state index in [1.54, 1.807) is 22.9 Å². The Hall–Kier alpha value is -4.18. The van der Waals surface area contributed by atoms with Gasteiger partial charge in [0.25, 0.3) is 11.8 Å². The molecule has 1 saturated heterocycles. The number of hydrogen-bond donors (Lipinski definition) is 2. The number of halogens is 2. The normalized spacial score (nSPS) is 13.3. The first kappa shape index (κ1) is 34.2. The number of hydrazine groups is 1. The van der Waals surface area contributed by atoms with Crippen molar-refractivity contribution in [1.82, 2.24) is 25.5 Å². The molecule has 1 aromatic heterocycles. The summed E-state index contributed by atoms with van der Waals surface area (Å²) in [6.07, 6.45) is 6.01. The van der Waals surface area contributed by atoms with Gasteiger partial charge in [-0.3, -0.25) is 19.8 Å². The predicted octanol–water partition coefficient (Wildman–Crippen LogP) is 7.42. The van der Waals surface area contributed by atoms with E-state index in [2.05, 4.69) is 15.5 Å². The van der Waals surface area contributed by atoms with Crippen LogP contribution in [0.25, 0.3) is 28.1 Å². The number of hydrogen-bond acceptors (Lipinski definition) is 6. The van der Waals surface area contributed by atoms with Crippen molar-refractivity contribution in [3.8, 4) is 28.1 Å². The Labute approximate surface area is 285 Å². The SMILES string of the molecule is COC(=O)CCCCCNC(=O)c1ccc(-c2ccc(-c3c(C)c(C(=O)NN4CCCCC4)nn3-c3ccc(Cl)cc3Cl)cc2)cc1. The summed E-state index contributed by atoms with van der Waals surface area (Å²) in [4.78, 5) is 37.3. The highest BCUT2D eigenvalue weighted by molar-refractivity contribution is 6.35. The van der Waals surface area contributed by atoms with Crippen LogP contribution in [-0.2, 0) is 9.53 Å². The van der Waals surface area contributed by atoms with E-state index in [0.717, 1.165) is 79.6 Å². The van der Waals surface area contributed by atoms with Crippen LogP contribution in [-0.4, -0.2) is 59.3 Å². The van der Waals surface area contributed by atoms with Crippen LogP contribution in [0.5, 0.6) is 0 Å². The molecule has 1 fully saturated rings. The molecule has 246 valence electrons. The molecule has 0 radical (unpaired) electrons. The van der Waals surface area contributed by atoms with Crippen molar-refractivity contribution in [1.29, 1.82) is 0 Å². The maximum Gasteiger partial charge on any atom is 0.305 e. The van der Waals surface area contributed by atoms with E-state index in [9.17, 15) is 14.4 Å². The van der Waals surface area contributed by atoms with Crippen molar-refractivity contribution in [3.05, 3.63) is 93.6 Å². The van der Waals surface area contributed by atoms with Gasteiger partial charge in [-0.05, 0) is 74.1 Å². The third-order valence-corrected chi connectivity index (χ3v) is 8.84. The lowest BCUT2D eigenvalue weighted by Gasteiger charge is -2.26. The average molecular weight is 677 g/mol. The summed E-state index contributed by atoms with van der Waals surface area (Å²) < 4.78 is 6.36. The summed E-state index contributed by atoms with van der Waals surface area (Å²) in [5.41, 5.74) is 8.84. The number of unbranched alkanes of at least 4 members (excludes halogenated alkanes) is 2. The van der Waals surface area contributed by atoms with Gasteiger partial charge in [0.05, 0.1) is 23.5 Å². The first-order valence-corrected chi connectivity index (χ1v) is 16.7.